The highest BCUT2D eigenvalue weighted by molar-refractivity contribution is 5.98. The van der Waals surface area contributed by atoms with Gasteiger partial charge < -0.3 is 68.2 Å². The third kappa shape index (κ3) is 17.2. The molecular formula is C49H58N10O14. The molecule has 388 valence electrons. The van der Waals surface area contributed by atoms with Crippen LogP contribution in [0.3, 0.4) is 0 Å². The fourth-order valence-electron chi connectivity index (χ4n) is 7.64. The average Bonchev–Trinajstić information content (AvgIpc) is 3.76. The van der Waals surface area contributed by atoms with Gasteiger partial charge in [-0.25, -0.2) is 0 Å². The Labute approximate surface area is 417 Å². The Morgan fingerprint density at radius 3 is 1.45 bits per heavy atom. The zero-order valence-corrected chi connectivity index (χ0v) is 39.8. The molecule has 2 heterocycles. The monoisotopic (exact) mass is 1010 g/mol. The molecule has 0 aliphatic carbocycles. The van der Waals surface area contributed by atoms with Gasteiger partial charge in [0.15, 0.2) is 0 Å². The number of hydrogen-bond acceptors (Lipinski definition) is 12. The molecule has 73 heavy (non-hydrogen) atoms. The van der Waals surface area contributed by atoms with Crippen molar-refractivity contribution < 1.29 is 68.1 Å². The number of carboxylic acids is 2. The lowest BCUT2D eigenvalue weighted by molar-refractivity contribution is -0.140. The molecule has 1 saturated heterocycles. The van der Waals surface area contributed by atoms with Gasteiger partial charge in [-0.2, -0.15) is 0 Å². The van der Waals surface area contributed by atoms with Crippen LogP contribution in [-0.4, -0.2) is 141 Å². The van der Waals surface area contributed by atoms with Crippen molar-refractivity contribution in [1.29, 1.82) is 0 Å². The Bertz CT molecular complexity index is 2680. The average molecular weight is 1010 g/mol. The minimum atomic E-state index is -1.68. The fourth-order valence-corrected chi connectivity index (χ4v) is 7.64. The van der Waals surface area contributed by atoms with Crippen molar-refractivity contribution in [2.75, 3.05) is 13.1 Å². The van der Waals surface area contributed by atoms with E-state index >= 15 is 0 Å². The lowest BCUT2D eigenvalue weighted by Gasteiger charge is -2.25. The number of benzene rings is 3. The first-order chi connectivity index (χ1) is 34.8. The summed E-state index contributed by atoms with van der Waals surface area (Å²) >= 11 is 0. The van der Waals surface area contributed by atoms with E-state index in [4.69, 9.17) is 0 Å². The maximum absolute atomic E-state index is 13.9. The Kier molecular flexibility index (Phi) is 19.9. The number of carbonyl (C=O) groups excluding carboxylic acids is 9. The number of phenolic OH excluding ortho intramolecular Hbond substituents is 1. The topological polar surface area (TPSA) is 373 Å². The normalized spacial score (nSPS) is 22.7. The summed E-state index contributed by atoms with van der Waals surface area (Å²) in [5.74, 6) is -11.3. The van der Waals surface area contributed by atoms with Crippen molar-refractivity contribution in [1.82, 2.24) is 52.8 Å². The molecular weight excluding hydrogens is 953 g/mol. The van der Waals surface area contributed by atoms with Crippen molar-refractivity contribution in [2.45, 2.75) is 101 Å². The Morgan fingerprint density at radius 2 is 0.904 bits per heavy atom. The smallest absolute Gasteiger partial charge is 0.303 e. The van der Waals surface area contributed by atoms with Crippen LogP contribution in [-0.2, 0) is 72.0 Å². The quantitative estimate of drug-likeness (QED) is 0.0754. The number of rotatable bonds is 12. The highest BCUT2D eigenvalue weighted by Crippen LogP contribution is 2.20. The molecule has 1 aromatic heterocycles. The van der Waals surface area contributed by atoms with Crippen molar-refractivity contribution in [3.63, 3.8) is 0 Å². The predicted octanol–water partition coefficient (Wildman–Crippen LogP) is -1.69. The first-order valence-corrected chi connectivity index (χ1v) is 23.2. The molecule has 0 unspecified atom stereocenters. The molecule has 13 N–H and O–H groups in total. The molecule has 4 aromatic rings. The van der Waals surface area contributed by atoms with E-state index in [-0.39, 0.29) is 25.0 Å². The van der Waals surface area contributed by atoms with Gasteiger partial charge in [0.25, 0.3) is 0 Å². The third-order valence-corrected chi connectivity index (χ3v) is 11.6. The minimum absolute atomic E-state index is 0.0764. The van der Waals surface area contributed by atoms with Crippen LogP contribution >= 0.6 is 0 Å². The number of aromatic hydroxyl groups is 1. The van der Waals surface area contributed by atoms with E-state index in [0.717, 1.165) is 0 Å². The summed E-state index contributed by atoms with van der Waals surface area (Å²) < 4.78 is 0. The van der Waals surface area contributed by atoms with Gasteiger partial charge in [-0.05, 0) is 61.6 Å². The predicted molar refractivity (Wildman–Crippen MR) is 259 cm³/mol. The first-order valence-electron chi connectivity index (χ1n) is 23.2. The highest BCUT2D eigenvalue weighted by atomic mass is 16.4. The van der Waals surface area contributed by atoms with Gasteiger partial charge >= 0.3 is 11.9 Å². The summed E-state index contributed by atoms with van der Waals surface area (Å²) in [6, 6.07) is 11.0. The summed E-state index contributed by atoms with van der Waals surface area (Å²) in [7, 11) is 0. The number of aromatic amines is 1. The molecule has 0 saturated carbocycles. The van der Waals surface area contributed by atoms with Gasteiger partial charge in [-0.1, -0.05) is 60.7 Å². The number of fused-ring (bicyclic) bond motifs is 1. The molecule has 0 spiro atoms. The van der Waals surface area contributed by atoms with Crippen LogP contribution in [0.4, 0.5) is 0 Å². The molecule has 5 rings (SSSR count). The van der Waals surface area contributed by atoms with Crippen LogP contribution in [0.1, 0.15) is 56.2 Å². The Morgan fingerprint density at radius 1 is 0.479 bits per heavy atom. The number of carbonyl (C=O) groups is 11. The SMILES string of the molecule is C[C@@H]1NC(=O)[C@H](Cc2ccccc2)NC(=O)CNC(=O)[C@H](Cc2ccc(O)cc2)NC(=O)[C@@H](C)NC(=O)[C@H](CCC(=O)O)NC(=O)[C@H](CCC(=O)O)NC(=O)CNC(=O)[C@H](Cc2c[nH]c3ccccc23)NC1=O. The van der Waals surface area contributed by atoms with Gasteiger partial charge in [0.05, 0.1) is 13.1 Å². The third-order valence-electron chi connectivity index (χ3n) is 11.6. The number of nitrogens with one attached hydrogen (secondary N) is 10. The van der Waals surface area contributed by atoms with E-state index in [1.54, 1.807) is 60.8 Å². The second kappa shape index (κ2) is 26.4. The van der Waals surface area contributed by atoms with Crippen molar-refractivity contribution in [3.8, 4) is 5.75 Å². The molecule has 0 radical (unpaired) electrons. The Balaban J connectivity index is 1.48. The maximum atomic E-state index is 13.9. The van der Waals surface area contributed by atoms with Gasteiger partial charge in [0.1, 0.15) is 48.0 Å². The largest absolute Gasteiger partial charge is 0.508 e. The molecule has 9 amide bonds. The molecule has 0 bridgehead atoms. The summed E-state index contributed by atoms with van der Waals surface area (Å²) in [6.07, 6.45) is -1.21. The maximum Gasteiger partial charge on any atom is 0.303 e. The summed E-state index contributed by atoms with van der Waals surface area (Å²) in [5.41, 5.74) is 2.35. The van der Waals surface area contributed by atoms with Gasteiger partial charge in [-0.15, -0.1) is 0 Å². The van der Waals surface area contributed by atoms with E-state index in [1.165, 1.54) is 38.1 Å². The number of aliphatic carboxylic acids is 2. The first kappa shape index (κ1) is 55.1. The summed E-state index contributed by atoms with van der Waals surface area (Å²) in [4.78, 5) is 150. The number of hydrogen-bond donors (Lipinski definition) is 13. The van der Waals surface area contributed by atoms with E-state index < -0.39 is 146 Å². The second-order valence-corrected chi connectivity index (χ2v) is 17.3. The number of carboxylic acid groups (broad SMARTS) is 2. The van der Waals surface area contributed by atoms with Crippen LogP contribution in [0.2, 0.25) is 0 Å². The summed E-state index contributed by atoms with van der Waals surface area (Å²) in [6.45, 7) is 1.02. The van der Waals surface area contributed by atoms with E-state index in [2.05, 4.69) is 52.8 Å². The number of phenols is 1. The second-order valence-electron chi connectivity index (χ2n) is 17.3. The summed E-state index contributed by atoms with van der Waals surface area (Å²) in [5, 5.41) is 51.6. The molecule has 3 aromatic carbocycles. The molecule has 24 nitrogen and oxygen atoms in total. The van der Waals surface area contributed by atoms with Gasteiger partial charge in [0.2, 0.25) is 53.2 Å². The van der Waals surface area contributed by atoms with Crippen LogP contribution in [0, 0.1) is 0 Å². The lowest BCUT2D eigenvalue weighted by atomic mass is 10.0. The van der Waals surface area contributed by atoms with Crippen LogP contribution in [0.25, 0.3) is 10.9 Å². The highest BCUT2D eigenvalue weighted by Gasteiger charge is 2.33. The van der Waals surface area contributed by atoms with Crippen LogP contribution < -0.4 is 47.9 Å². The van der Waals surface area contributed by atoms with Gasteiger partial charge in [-0.3, -0.25) is 52.7 Å². The molecule has 1 fully saturated rings. The number of amides is 9. The standard InChI is InChI=1S/C49H58N10O14/c1-26-43(67)58-36(21-29-12-14-31(60)15-13-29)45(69)51-25-40(62)56-37(20-28-8-4-3-5-9-28)49(73)54-27(2)44(68)59-38(22-30-23-50-33-11-7-6-10-32(30)33)46(70)52-24-39(61)55-34(16-18-41(63)64)48(72)57-35(47(71)53-26)17-19-42(65)66/h3-15,23,26-27,34-38,50,60H,16-22,24-25H2,1-2H3,(H,51,69)(H,52,70)(H,53,71)(H,54,73)(H,55,61)(H,56,62)(H,57,72)(H,58,67)(H,59,68)(H,63,64)(H,65,66)/t26-,27+,34+,35+,36+,37+,38+/m1/s1. The number of H-pyrrole nitrogens is 1. The number of aromatic nitrogens is 1. The van der Waals surface area contributed by atoms with E-state index in [0.29, 0.717) is 27.6 Å². The van der Waals surface area contributed by atoms with E-state index in [1.807, 2.05) is 0 Å². The Hall–Kier alpha value is -8.83. The fraction of sp³-hybridized carbons (Fsp3) is 0.367. The zero-order valence-electron chi connectivity index (χ0n) is 39.8. The van der Waals surface area contributed by atoms with Crippen molar-refractivity contribution >= 4 is 76.0 Å². The van der Waals surface area contributed by atoms with Crippen LogP contribution in [0.15, 0.2) is 85.1 Å². The van der Waals surface area contributed by atoms with Crippen LogP contribution in [0.5, 0.6) is 5.75 Å². The zero-order chi connectivity index (χ0) is 53.2. The number of para-hydroxylation sites is 1. The lowest BCUT2D eigenvalue weighted by Crippen LogP contribution is -2.58. The van der Waals surface area contributed by atoms with E-state index in [9.17, 15) is 68.1 Å². The molecule has 1 aliphatic rings. The molecule has 1 aliphatic heterocycles. The molecule has 24 heteroatoms. The molecule has 7 atom stereocenters. The van der Waals surface area contributed by atoms with Gasteiger partial charge in [0, 0.05) is 49.2 Å². The minimum Gasteiger partial charge on any atom is -0.508 e. The van der Waals surface area contributed by atoms with Crippen molar-refractivity contribution in [2.24, 2.45) is 0 Å². The van der Waals surface area contributed by atoms with Crippen molar-refractivity contribution in [3.05, 3.63) is 102 Å².